The van der Waals surface area contributed by atoms with E-state index in [4.69, 9.17) is 0 Å². The van der Waals surface area contributed by atoms with Gasteiger partial charge in [0.15, 0.2) is 0 Å². The number of rotatable bonds is 5. The molecule has 0 saturated heterocycles. The Balaban J connectivity index is 2.02. The van der Waals surface area contributed by atoms with E-state index >= 15 is 0 Å². The Morgan fingerprint density at radius 2 is 1.24 bits per heavy atom. The molecule has 3 aromatic rings. The van der Waals surface area contributed by atoms with Gasteiger partial charge in [0, 0.05) is 25.8 Å². The lowest BCUT2D eigenvalue weighted by atomic mass is 10.1. The molecule has 1 amide bonds. The first-order valence-electron chi connectivity index (χ1n) is 8.34. The van der Waals surface area contributed by atoms with Gasteiger partial charge in [-0.1, -0.05) is 78.9 Å². The SMILES string of the molecule is CN(C)C(=O)c1ccccc1CP(c1ccccc1)c1ccccc1. The highest BCUT2D eigenvalue weighted by Crippen LogP contribution is 2.38. The van der Waals surface area contributed by atoms with E-state index < -0.39 is 7.92 Å². The van der Waals surface area contributed by atoms with Crippen molar-refractivity contribution in [3.05, 3.63) is 96.1 Å². The largest absolute Gasteiger partial charge is 0.345 e. The minimum absolute atomic E-state index is 0.0617. The van der Waals surface area contributed by atoms with Crippen molar-refractivity contribution in [2.24, 2.45) is 0 Å². The number of hydrogen-bond acceptors (Lipinski definition) is 1. The standard InChI is InChI=1S/C22H22NOP/c1-23(2)22(24)21-16-10-9-11-18(21)17-25(19-12-5-3-6-13-19)20-14-7-4-8-15-20/h3-16H,17H2,1-2H3. The predicted octanol–water partition coefficient (Wildman–Crippen LogP) is 4.02. The molecular weight excluding hydrogens is 325 g/mol. The molecule has 0 unspecified atom stereocenters. The van der Waals surface area contributed by atoms with Crippen molar-refractivity contribution in [2.45, 2.75) is 6.16 Å². The maximum atomic E-state index is 12.6. The van der Waals surface area contributed by atoms with Gasteiger partial charge < -0.3 is 4.90 Å². The zero-order valence-electron chi connectivity index (χ0n) is 14.6. The van der Waals surface area contributed by atoms with Crippen LogP contribution in [0.4, 0.5) is 0 Å². The number of benzene rings is 3. The monoisotopic (exact) mass is 347 g/mol. The highest BCUT2D eigenvalue weighted by Gasteiger charge is 2.19. The fourth-order valence-corrected chi connectivity index (χ4v) is 5.17. The Morgan fingerprint density at radius 1 is 0.760 bits per heavy atom. The molecule has 0 saturated carbocycles. The van der Waals surface area contributed by atoms with E-state index in [0.717, 1.165) is 17.3 Å². The summed E-state index contributed by atoms with van der Waals surface area (Å²) < 4.78 is 0. The van der Waals surface area contributed by atoms with Gasteiger partial charge in [-0.3, -0.25) is 4.79 Å². The van der Waals surface area contributed by atoms with Crippen molar-refractivity contribution in [3.63, 3.8) is 0 Å². The Kier molecular flexibility index (Phi) is 5.63. The molecule has 0 atom stereocenters. The predicted molar refractivity (Wildman–Crippen MR) is 107 cm³/mol. The average Bonchev–Trinajstić information content (AvgIpc) is 2.67. The summed E-state index contributed by atoms with van der Waals surface area (Å²) in [4.78, 5) is 14.2. The summed E-state index contributed by atoms with van der Waals surface area (Å²) in [6.45, 7) is 0. The van der Waals surface area contributed by atoms with Gasteiger partial charge in [0.1, 0.15) is 0 Å². The highest BCUT2D eigenvalue weighted by molar-refractivity contribution is 7.72. The third-order valence-electron chi connectivity index (χ3n) is 4.12. The van der Waals surface area contributed by atoms with E-state index in [2.05, 4.69) is 54.6 Å². The molecule has 0 radical (unpaired) electrons. The van der Waals surface area contributed by atoms with E-state index in [0.29, 0.717) is 0 Å². The minimum atomic E-state index is -0.558. The number of carbonyl (C=O) groups is 1. The van der Waals surface area contributed by atoms with Crippen molar-refractivity contribution in [2.75, 3.05) is 14.1 Å². The molecule has 25 heavy (non-hydrogen) atoms. The normalized spacial score (nSPS) is 10.7. The van der Waals surface area contributed by atoms with Gasteiger partial charge in [-0.05, 0) is 30.2 Å². The molecule has 3 aromatic carbocycles. The van der Waals surface area contributed by atoms with Crippen molar-refractivity contribution in [3.8, 4) is 0 Å². The van der Waals surface area contributed by atoms with Crippen LogP contribution in [0.1, 0.15) is 15.9 Å². The fourth-order valence-electron chi connectivity index (χ4n) is 2.83. The van der Waals surface area contributed by atoms with Gasteiger partial charge in [0.25, 0.3) is 5.91 Å². The zero-order valence-corrected chi connectivity index (χ0v) is 15.5. The molecule has 0 aliphatic carbocycles. The molecule has 0 aliphatic rings. The molecule has 3 heteroatoms. The van der Waals surface area contributed by atoms with Crippen LogP contribution >= 0.6 is 7.92 Å². The third kappa shape index (κ3) is 4.15. The second-order valence-electron chi connectivity index (χ2n) is 6.11. The quantitative estimate of drug-likeness (QED) is 0.639. The van der Waals surface area contributed by atoms with Gasteiger partial charge in [0.2, 0.25) is 0 Å². The van der Waals surface area contributed by atoms with Gasteiger partial charge in [-0.2, -0.15) is 0 Å². The molecule has 0 bridgehead atoms. The molecule has 126 valence electrons. The summed E-state index contributed by atoms with van der Waals surface area (Å²) in [5, 5.41) is 2.66. The summed E-state index contributed by atoms with van der Waals surface area (Å²) >= 11 is 0. The molecule has 0 aliphatic heterocycles. The van der Waals surface area contributed by atoms with E-state index in [1.54, 1.807) is 19.0 Å². The molecule has 2 nitrogen and oxygen atoms in total. The van der Waals surface area contributed by atoms with E-state index in [9.17, 15) is 4.79 Å². The van der Waals surface area contributed by atoms with E-state index in [1.807, 2.05) is 30.3 Å². The Bertz CT molecular complexity index is 791. The van der Waals surface area contributed by atoms with Gasteiger partial charge >= 0.3 is 0 Å². The molecule has 0 heterocycles. The van der Waals surface area contributed by atoms with Crippen molar-refractivity contribution in [1.82, 2.24) is 4.90 Å². The third-order valence-corrected chi connectivity index (χ3v) is 6.62. The van der Waals surface area contributed by atoms with Gasteiger partial charge in [-0.25, -0.2) is 0 Å². The summed E-state index contributed by atoms with van der Waals surface area (Å²) in [6.07, 6.45) is 0.860. The second-order valence-corrected chi connectivity index (χ2v) is 8.32. The minimum Gasteiger partial charge on any atom is -0.345 e. The summed E-state index contributed by atoms with van der Waals surface area (Å²) in [6, 6.07) is 29.2. The van der Waals surface area contributed by atoms with Crippen LogP contribution in [0.5, 0.6) is 0 Å². The number of amides is 1. The van der Waals surface area contributed by atoms with Crippen molar-refractivity contribution >= 4 is 24.4 Å². The first kappa shape index (κ1) is 17.4. The average molecular weight is 347 g/mol. The fraction of sp³-hybridized carbons (Fsp3) is 0.136. The molecule has 3 rings (SSSR count). The second kappa shape index (κ2) is 8.09. The smallest absolute Gasteiger partial charge is 0.253 e. The molecule has 0 N–H and O–H groups in total. The van der Waals surface area contributed by atoms with Crippen LogP contribution in [0.15, 0.2) is 84.9 Å². The molecule has 0 spiro atoms. The first-order chi connectivity index (χ1) is 12.2. The lowest BCUT2D eigenvalue weighted by Crippen LogP contribution is -2.23. The van der Waals surface area contributed by atoms with Crippen LogP contribution in [0.2, 0.25) is 0 Å². The maximum Gasteiger partial charge on any atom is 0.253 e. The number of nitrogens with zero attached hydrogens (tertiary/aromatic N) is 1. The van der Waals surface area contributed by atoms with Crippen LogP contribution in [0.25, 0.3) is 0 Å². The first-order valence-corrected chi connectivity index (χ1v) is 9.86. The van der Waals surface area contributed by atoms with Crippen LogP contribution in [0.3, 0.4) is 0 Å². The summed E-state index contributed by atoms with van der Waals surface area (Å²) in [7, 11) is 3.05. The van der Waals surface area contributed by atoms with Crippen LogP contribution in [-0.4, -0.2) is 24.9 Å². The summed E-state index contributed by atoms with van der Waals surface area (Å²) in [5.41, 5.74) is 1.91. The zero-order chi connectivity index (χ0) is 17.6. The van der Waals surface area contributed by atoms with Crippen molar-refractivity contribution < 1.29 is 4.79 Å². The molecular formula is C22H22NOP. The maximum absolute atomic E-state index is 12.6. The molecule has 0 fully saturated rings. The Morgan fingerprint density at radius 3 is 1.76 bits per heavy atom. The number of carbonyl (C=O) groups excluding carboxylic acids is 1. The van der Waals surface area contributed by atoms with Crippen LogP contribution < -0.4 is 10.6 Å². The number of hydrogen-bond donors (Lipinski definition) is 0. The Hall–Kier alpha value is -2.44. The summed E-state index contributed by atoms with van der Waals surface area (Å²) in [5.74, 6) is 0.0617. The highest BCUT2D eigenvalue weighted by atomic mass is 31.1. The van der Waals surface area contributed by atoms with E-state index in [-0.39, 0.29) is 5.91 Å². The van der Waals surface area contributed by atoms with Crippen LogP contribution in [-0.2, 0) is 6.16 Å². The van der Waals surface area contributed by atoms with Crippen molar-refractivity contribution in [1.29, 1.82) is 0 Å². The topological polar surface area (TPSA) is 20.3 Å². The van der Waals surface area contributed by atoms with E-state index in [1.165, 1.54) is 10.6 Å². The van der Waals surface area contributed by atoms with Gasteiger partial charge in [0.05, 0.1) is 0 Å². The van der Waals surface area contributed by atoms with Crippen LogP contribution in [0, 0.1) is 0 Å². The lowest BCUT2D eigenvalue weighted by molar-refractivity contribution is 0.0827. The lowest BCUT2D eigenvalue weighted by Gasteiger charge is -2.21. The van der Waals surface area contributed by atoms with Gasteiger partial charge in [-0.15, -0.1) is 0 Å². The molecule has 0 aromatic heterocycles. The Labute approximate surface area is 150 Å².